The standard InChI is InChI=1S/C12H16O3/c13-7-10-8-15-5-4-12(10)9-2-1-3-11(14)6-9/h1-3,6,10,12-14H,4-5,7-8H2/t10-,12+/m0/s1. The highest BCUT2D eigenvalue weighted by atomic mass is 16.5. The number of aliphatic hydroxyl groups excluding tert-OH is 1. The summed E-state index contributed by atoms with van der Waals surface area (Å²) in [5, 5.41) is 18.7. The number of hydrogen-bond donors (Lipinski definition) is 2. The van der Waals surface area contributed by atoms with Crippen LogP contribution in [-0.4, -0.2) is 30.0 Å². The smallest absolute Gasteiger partial charge is 0.115 e. The Morgan fingerprint density at radius 3 is 3.00 bits per heavy atom. The molecule has 1 fully saturated rings. The molecule has 0 saturated carbocycles. The number of hydrogen-bond acceptors (Lipinski definition) is 3. The molecule has 1 saturated heterocycles. The largest absolute Gasteiger partial charge is 0.508 e. The molecule has 0 radical (unpaired) electrons. The van der Waals surface area contributed by atoms with Gasteiger partial charge in [-0.3, -0.25) is 0 Å². The molecule has 1 heterocycles. The zero-order chi connectivity index (χ0) is 10.7. The molecule has 0 unspecified atom stereocenters. The normalized spacial score (nSPS) is 26.5. The number of rotatable bonds is 2. The number of aromatic hydroxyl groups is 1. The number of phenols is 1. The highest BCUT2D eigenvalue weighted by Crippen LogP contribution is 2.32. The fourth-order valence-electron chi connectivity index (χ4n) is 2.17. The van der Waals surface area contributed by atoms with Gasteiger partial charge in [0.05, 0.1) is 6.61 Å². The van der Waals surface area contributed by atoms with Crippen molar-refractivity contribution >= 4 is 0 Å². The van der Waals surface area contributed by atoms with Crippen LogP contribution < -0.4 is 0 Å². The van der Waals surface area contributed by atoms with E-state index < -0.39 is 0 Å². The van der Waals surface area contributed by atoms with E-state index in [2.05, 4.69) is 0 Å². The first-order chi connectivity index (χ1) is 7.31. The maximum atomic E-state index is 9.41. The van der Waals surface area contributed by atoms with Crippen LogP contribution in [0.15, 0.2) is 24.3 Å². The molecule has 0 bridgehead atoms. The first-order valence-electron chi connectivity index (χ1n) is 5.29. The van der Waals surface area contributed by atoms with Crippen molar-refractivity contribution in [2.75, 3.05) is 19.8 Å². The summed E-state index contributed by atoms with van der Waals surface area (Å²) >= 11 is 0. The van der Waals surface area contributed by atoms with E-state index in [-0.39, 0.29) is 18.3 Å². The van der Waals surface area contributed by atoms with E-state index in [9.17, 15) is 10.2 Å². The van der Waals surface area contributed by atoms with E-state index in [4.69, 9.17) is 4.74 Å². The van der Waals surface area contributed by atoms with Crippen LogP contribution in [0, 0.1) is 5.92 Å². The number of ether oxygens (including phenoxy) is 1. The van der Waals surface area contributed by atoms with Crippen LogP contribution in [0.5, 0.6) is 5.75 Å². The van der Waals surface area contributed by atoms with Crippen LogP contribution >= 0.6 is 0 Å². The van der Waals surface area contributed by atoms with Crippen LogP contribution in [0.1, 0.15) is 17.9 Å². The molecule has 15 heavy (non-hydrogen) atoms. The van der Waals surface area contributed by atoms with Gasteiger partial charge in [-0.1, -0.05) is 12.1 Å². The Morgan fingerprint density at radius 2 is 2.27 bits per heavy atom. The average molecular weight is 208 g/mol. The van der Waals surface area contributed by atoms with E-state index in [1.54, 1.807) is 12.1 Å². The Bertz CT molecular complexity index is 324. The van der Waals surface area contributed by atoms with E-state index in [1.807, 2.05) is 12.1 Å². The predicted octanol–water partition coefficient (Wildman–Crippen LogP) is 1.50. The Kier molecular flexibility index (Phi) is 3.23. The Labute approximate surface area is 89.3 Å². The van der Waals surface area contributed by atoms with Gasteiger partial charge in [0.2, 0.25) is 0 Å². The maximum Gasteiger partial charge on any atom is 0.115 e. The van der Waals surface area contributed by atoms with Gasteiger partial charge in [0.1, 0.15) is 5.75 Å². The second-order valence-corrected chi connectivity index (χ2v) is 4.01. The van der Waals surface area contributed by atoms with Crippen molar-refractivity contribution in [1.29, 1.82) is 0 Å². The number of aliphatic hydroxyl groups is 1. The molecule has 3 heteroatoms. The highest BCUT2D eigenvalue weighted by molar-refractivity contribution is 5.30. The van der Waals surface area contributed by atoms with Gasteiger partial charge in [-0.25, -0.2) is 0 Å². The summed E-state index contributed by atoms with van der Waals surface area (Å²) in [7, 11) is 0. The summed E-state index contributed by atoms with van der Waals surface area (Å²) in [6.07, 6.45) is 0.911. The Morgan fingerprint density at radius 1 is 1.40 bits per heavy atom. The van der Waals surface area contributed by atoms with Crippen molar-refractivity contribution < 1.29 is 14.9 Å². The minimum atomic E-state index is 0.139. The molecule has 82 valence electrons. The van der Waals surface area contributed by atoms with E-state index in [0.29, 0.717) is 12.5 Å². The molecule has 0 aliphatic carbocycles. The van der Waals surface area contributed by atoms with Gasteiger partial charge in [-0.2, -0.15) is 0 Å². The molecule has 2 atom stereocenters. The highest BCUT2D eigenvalue weighted by Gasteiger charge is 2.26. The third kappa shape index (κ3) is 2.30. The van der Waals surface area contributed by atoms with Crippen molar-refractivity contribution in [3.63, 3.8) is 0 Å². The van der Waals surface area contributed by atoms with E-state index in [1.165, 1.54) is 0 Å². The van der Waals surface area contributed by atoms with E-state index >= 15 is 0 Å². The number of benzene rings is 1. The van der Waals surface area contributed by atoms with Crippen molar-refractivity contribution in [3.05, 3.63) is 29.8 Å². The van der Waals surface area contributed by atoms with Gasteiger partial charge >= 0.3 is 0 Å². The molecule has 2 rings (SSSR count). The minimum absolute atomic E-state index is 0.139. The second-order valence-electron chi connectivity index (χ2n) is 4.01. The summed E-state index contributed by atoms with van der Waals surface area (Å²) in [6, 6.07) is 7.28. The van der Waals surface area contributed by atoms with Crippen LogP contribution in [0.2, 0.25) is 0 Å². The predicted molar refractivity (Wildman–Crippen MR) is 56.9 cm³/mol. The summed E-state index contributed by atoms with van der Waals surface area (Å²) in [4.78, 5) is 0. The van der Waals surface area contributed by atoms with Gasteiger partial charge in [0.25, 0.3) is 0 Å². The third-order valence-electron chi connectivity index (χ3n) is 3.01. The molecule has 0 amide bonds. The van der Waals surface area contributed by atoms with Crippen LogP contribution in [0.4, 0.5) is 0 Å². The zero-order valence-electron chi connectivity index (χ0n) is 8.60. The lowest BCUT2D eigenvalue weighted by Gasteiger charge is -2.30. The summed E-state index contributed by atoms with van der Waals surface area (Å²) in [5.41, 5.74) is 1.09. The Hall–Kier alpha value is -1.06. The summed E-state index contributed by atoms with van der Waals surface area (Å²) in [5.74, 6) is 0.743. The van der Waals surface area contributed by atoms with Crippen molar-refractivity contribution in [2.24, 2.45) is 5.92 Å². The fourth-order valence-corrected chi connectivity index (χ4v) is 2.17. The summed E-state index contributed by atoms with van der Waals surface area (Å²) < 4.78 is 5.33. The van der Waals surface area contributed by atoms with Crippen LogP contribution in [-0.2, 0) is 4.74 Å². The molecule has 0 spiro atoms. The Balaban J connectivity index is 2.20. The average Bonchev–Trinajstić information content (AvgIpc) is 2.29. The zero-order valence-corrected chi connectivity index (χ0v) is 8.60. The SMILES string of the molecule is OC[C@H]1COCC[C@@H]1c1cccc(O)c1. The molecular formula is C12H16O3. The lowest BCUT2D eigenvalue weighted by Crippen LogP contribution is -2.28. The van der Waals surface area contributed by atoms with Crippen molar-refractivity contribution in [1.82, 2.24) is 0 Å². The van der Waals surface area contributed by atoms with Gasteiger partial charge in [0, 0.05) is 19.1 Å². The third-order valence-corrected chi connectivity index (χ3v) is 3.01. The van der Waals surface area contributed by atoms with Crippen LogP contribution in [0.25, 0.3) is 0 Å². The summed E-state index contributed by atoms with van der Waals surface area (Å²) in [6.45, 7) is 1.48. The minimum Gasteiger partial charge on any atom is -0.508 e. The maximum absolute atomic E-state index is 9.41. The van der Waals surface area contributed by atoms with Gasteiger partial charge in [-0.15, -0.1) is 0 Å². The molecular weight excluding hydrogens is 192 g/mol. The first-order valence-corrected chi connectivity index (χ1v) is 5.29. The molecule has 2 N–H and O–H groups in total. The van der Waals surface area contributed by atoms with Gasteiger partial charge in [-0.05, 0) is 30.0 Å². The second kappa shape index (κ2) is 4.64. The quantitative estimate of drug-likeness (QED) is 0.774. The first kappa shape index (κ1) is 10.5. The van der Waals surface area contributed by atoms with Crippen molar-refractivity contribution in [3.8, 4) is 5.75 Å². The van der Waals surface area contributed by atoms with Crippen molar-refractivity contribution in [2.45, 2.75) is 12.3 Å². The monoisotopic (exact) mass is 208 g/mol. The lowest BCUT2D eigenvalue weighted by atomic mass is 9.83. The molecule has 0 aromatic heterocycles. The van der Waals surface area contributed by atoms with E-state index in [0.717, 1.165) is 18.6 Å². The molecule has 1 aliphatic heterocycles. The van der Waals surface area contributed by atoms with Crippen LogP contribution in [0.3, 0.4) is 0 Å². The van der Waals surface area contributed by atoms with Gasteiger partial charge < -0.3 is 14.9 Å². The molecule has 1 aromatic rings. The molecule has 3 nitrogen and oxygen atoms in total. The topological polar surface area (TPSA) is 49.7 Å². The lowest BCUT2D eigenvalue weighted by molar-refractivity contribution is 0.0159. The fraction of sp³-hybridized carbons (Fsp3) is 0.500. The van der Waals surface area contributed by atoms with Gasteiger partial charge in [0.15, 0.2) is 0 Å². The number of phenolic OH excluding ortho intramolecular Hbond substituents is 1. The molecule has 1 aromatic carbocycles. The molecule has 1 aliphatic rings.